The molecule has 2 aromatic carbocycles. The number of nitrogens with one attached hydrogen (secondary N) is 1. The third kappa shape index (κ3) is 6.63. The first kappa shape index (κ1) is 23.0. The van der Waals surface area contributed by atoms with E-state index >= 15 is 0 Å². The SMILES string of the molecule is O=C(NS(=O)(=O)N(F)C(Cl)Oc1ccc(OC(F)(F)F)c(Cl)c1)c1ccccc1. The fourth-order valence-electron chi connectivity index (χ4n) is 1.83. The van der Waals surface area contributed by atoms with Crippen LogP contribution in [0, 0.1) is 0 Å². The largest absolute Gasteiger partial charge is 0.573 e. The zero-order valence-electron chi connectivity index (χ0n) is 13.9. The van der Waals surface area contributed by atoms with Crippen molar-refractivity contribution in [1.82, 2.24) is 9.25 Å². The van der Waals surface area contributed by atoms with Crippen molar-refractivity contribution in [2.75, 3.05) is 0 Å². The Morgan fingerprint density at radius 1 is 1.14 bits per heavy atom. The lowest BCUT2D eigenvalue weighted by molar-refractivity contribution is -0.274. The summed E-state index contributed by atoms with van der Waals surface area (Å²) in [6, 6.07) is 9.49. The van der Waals surface area contributed by atoms with Crippen LogP contribution in [0.1, 0.15) is 10.4 Å². The van der Waals surface area contributed by atoms with Crippen molar-refractivity contribution in [3.05, 3.63) is 59.1 Å². The zero-order chi connectivity index (χ0) is 21.8. The predicted molar refractivity (Wildman–Crippen MR) is 94.2 cm³/mol. The van der Waals surface area contributed by atoms with E-state index in [1.54, 1.807) is 6.07 Å². The van der Waals surface area contributed by atoms with Crippen molar-refractivity contribution >= 4 is 39.3 Å². The monoisotopic (exact) mass is 476 g/mol. The summed E-state index contributed by atoms with van der Waals surface area (Å²) in [7, 11) is -5.07. The van der Waals surface area contributed by atoms with Crippen LogP contribution in [0.3, 0.4) is 0 Å². The van der Waals surface area contributed by atoms with Crippen LogP contribution in [0.15, 0.2) is 48.5 Å². The van der Waals surface area contributed by atoms with Crippen LogP contribution in [0.2, 0.25) is 5.02 Å². The van der Waals surface area contributed by atoms with Crippen LogP contribution < -0.4 is 14.2 Å². The van der Waals surface area contributed by atoms with Gasteiger partial charge < -0.3 is 9.47 Å². The standard InChI is InChI=1S/C15H10Cl2F4N2O5S/c16-11-8-10(6-7-12(11)28-15(18,19)20)27-14(17)23(21)29(25,26)22-13(24)9-4-2-1-3-5-9/h1-8,14H,(H,22,24). The molecule has 7 nitrogen and oxygen atoms in total. The molecule has 0 saturated carbocycles. The van der Waals surface area contributed by atoms with Crippen molar-refractivity contribution in [1.29, 1.82) is 0 Å². The van der Waals surface area contributed by atoms with E-state index in [1.807, 2.05) is 0 Å². The van der Waals surface area contributed by atoms with Gasteiger partial charge in [0.05, 0.1) is 5.02 Å². The van der Waals surface area contributed by atoms with Gasteiger partial charge in [0.15, 0.2) is 0 Å². The minimum atomic E-state index is -5.07. The number of alkyl halides is 4. The van der Waals surface area contributed by atoms with Crippen molar-refractivity contribution in [2.24, 2.45) is 0 Å². The summed E-state index contributed by atoms with van der Waals surface area (Å²) < 4.78 is 83.4. The fourth-order valence-corrected chi connectivity index (χ4v) is 3.16. The molecule has 2 aromatic rings. The molecule has 1 amide bonds. The Kier molecular flexibility index (Phi) is 7.16. The summed E-state index contributed by atoms with van der Waals surface area (Å²) in [6.07, 6.45) is -5.00. The molecule has 0 aliphatic heterocycles. The second-order valence-electron chi connectivity index (χ2n) is 5.09. The maximum Gasteiger partial charge on any atom is 0.573 e. The van der Waals surface area contributed by atoms with E-state index in [2.05, 4.69) is 4.74 Å². The number of ether oxygens (including phenoxy) is 2. The van der Waals surface area contributed by atoms with Crippen LogP contribution in [0.4, 0.5) is 17.7 Å². The highest BCUT2D eigenvalue weighted by Gasteiger charge is 2.34. The lowest BCUT2D eigenvalue weighted by Crippen LogP contribution is -2.44. The summed E-state index contributed by atoms with van der Waals surface area (Å²) in [4.78, 5) is 11.9. The third-order valence-electron chi connectivity index (χ3n) is 3.01. The Labute approximate surface area is 171 Å². The Hall–Kier alpha value is -2.28. The molecule has 2 rings (SSSR count). The molecule has 1 atom stereocenters. The average Bonchev–Trinajstić information content (AvgIpc) is 2.62. The topological polar surface area (TPSA) is 84.9 Å². The average molecular weight is 477 g/mol. The molecule has 0 aromatic heterocycles. The summed E-state index contributed by atoms with van der Waals surface area (Å²) in [6.45, 7) is 0. The van der Waals surface area contributed by atoms with Gasteiger partial charge in [-0.05, 0) is 24.3 Å². The van der Waals surface area contributed by atoms with Crippen molar-refractivity contribution in [2.45, 2.75) is 12.0 Å². The second kappa shape index (κ2) is 9.03. The Balaban J connectivity index is 2.06. The van der Waals surface area contributed by atoms with Crippen molar-refractivity contribution in [3.63, 3.8) is 0 Å². The number of benzene rings is 2. The van der Waals surface area contributed by atoms with Gasteiger partial charge in [-0.15, -0.1) is 17.7 Å². The van der Waals surface area contributed by atoms with Crippen LogP contribution in [0.5, 0.6) is 11.5 Å². The van der Waals surface area contributed by atoms with Gasteiger partial charge in [0.25, 0.3) is 11.6 Å². The zero-order valence-corrected chi connectivity index (χ0v) is 16.2. The molecule has 0 heterocycles. The van der Waals surface area contributed by atoms with Crippen LogP contribution >= 0.6 is 23.2 Å². The molecule has 1 unspecified atom stereocenters. The van der Waals surface area contributed by atoms with Crippen molar-refractivity contribution in [3.8, 4) is 11.5 Å². The van der Waals surface area contributed by atoms with E-state index in [1.165, 1.54) is 29.0 Å². The number of halogens is 6. The normalized spacial score (nSPS) is 13.1. The quantitative estimate of drug-likeness (QED) is 0.214. The predicted octanol–water partition coefficient (Wildman–Crippen LogP) is 4.00. The molecule has 0 spiro atoms. The first-order chi connectivity index (χ1) is 13.4. The maximum absolute atomic E-state index is 14.1. The van der Waals surface area contributed by atoms with Gasteiger partial charge in [0, 0.05) is 16.2 Å². The van der Waals surface area contributed by atoms with Gasteiger partial charge in [-0.3, -0.25) is 4.79 Å². The molecule has 158 valence electrons. The molecule has 0 aliphatic rings. The summed E-state index contributed by atoms with van der Waals surface area (Å²) in [5, 5.41) is -0.561. The lowest BCUT2D eigenvalue weighted by Gasteiger charge is -2.19. The Morgan fingerprint density at radius 3 is 2.31 bits per heavy atom. The summed E-state index contributed by atoms with van der Waals surface area (Å²) in [5.41, 5.74) is -2.38. The minimum absolute atomic E-state index is 0.0662. The number of hydrogen-bond donors (Lipinski definition) is 1. The second-order valence-corrected chi connectivity index (χ2v) is 7.38. The molecule has 0 radical (unpaired) electrons. The van der Waals surface area contributed by atoms with E-state index in [0.717, 1.165) is 18.2 Å². The third-order valence-corrected chi connectivity index (χ3v) is 4.77. The molecular formula is C15H10Cl2F4N2O5S. The van der Waals surface area contributed by atoms with Crippen LogP contribution in [-0.4, -0.2) is 30.9 Å². The van der Waals surface area contributed by atoms with Crippen LogP contribution in [0.25, 0.3) is 0 Å². The maximum atomic E-state index is 14.1. The van der Waals surface area contributed by atoms with E-state index in [9.17, 15) is 30.9 Å². The van der Waals surface area contributed by atoms with Gasteiger partial charge in [-0.1, -0.05) is 41.4 Å². The van der Waals surface area contributed by atoms with Crippen LogP contribution in [-0.2, 0) is 10.2 Å². The van der Waals surface area contributed by atoms with E-state index in [-0.39, 0.29) is 11.3 Å². The number of hydrogen-bond acceptors (Lipinski definition) is 5. The molecular weight excluding hydrogens is 467 g/mol. The highest BCUT2D eigenvalue weighted by Crippen LogP contribution is 2.33. The summed E-state index contributed by atoms with van der Waals surface area (Å²) >= 11 is 11.1. The number of carbonyl (C=O) groups is 1. The molecule has 0 bridgehead atoms. The number of carbonyl (C=O) groups excluding carboxylic acids is 1. The van der Waals surface area contributed by atoms with Gasteiger partial charge in [0.1, 0.15) is 11.5 Å². The number of nitrogens with zero attached hydrogens (tertiary/aromatic N) is 1. The highest BCUT2D eigenvalue weighted by molar-refractivity contribution is 7.87. The lowest BCUT2D eigenvalue weighted by atomic mass is 10.2. The van der Waals surface area contributed by atoms with E-state index < -0.39 is 43.5 Å². The minimum Gasteiger partial charge on any atom is -0.458 e. The molecule has 0 saturated heterocycles. The van der Waals surface area contributed by atoms with Crippen molar-refractivity contribution < 1.29 is 40.3 Å². The first-order valence-corrected chi connectivity index (χ1v) is 9.58. The molecule has 29 heavy (non-hydrogen) atoms. The Bertz CT molecular complexity index is 976. The van der Waals surface area contributed by atoms with Gasteiger partial charge in [0.2, 0.25) is 0 Å². The molecule has 0 aliphatic carbocycles. The Morgan fingerprint density at radius 2 is 1.76 bits per heavy atom. The molecule has 0 fully saturated rings. The number of amides is 1. The van der Waals surface area contributed by atoms with Gasteiger partial charge in [-0.2, -0.15) is 8.42 Å². The first-order valence-electron chi connectivity index (χ1n) is 7.32. The van der Waals surface area contributed by atoms with E-state index in [0.29, 0.717) is 0 Å². The molecule has 14 heteroatoms. The fraction of sp³-hybridized carbons (Fsp3) is 0.133. The van der Waals surface area contributed by atoms with Gasteiger partial charge in [-0.25, -0.2) is 4.72 Å². The smallest absolute Gasteiger partial charge is 0.458 e. The summed E-state index contributed by atoms with van der Waals surface area (Å²) in [5.74, 6) is -2.27. The van der Waals surface area contributed by atoms with E-state index in [4.69, 9.17) is 27.9 Å². The highest BCUT2D eigenvalue weighted by atomic mass is 35.5. The van der Waals surface area contributed by atoms with Gasteiger partial charge >= 0.3 is 16.6 Å². The number of rotatable bonds is 7. The molecule has 1 N–H and O–H groups in total.